The lowest BCUT2D eigenvalue weighted by Gasteiger charge is -2.17. The number of rotatable bonds is 6. The maximum absolute atomic E-state index is 12.4. The van der Waals surface area contributed by atoms with E-state index < -0.39 is 0 Å². The van der Waals surface area contributed by atoms with Crippen molar-refractivity contribution >= 4 is 23.2 Å². The third-order valence-corrected chi connectivity index (χ3v) is 5.10. The lowest BCUT2D eigenvalue weighted by Crippen LogP contribution is -2.34. The topological polar surface area (TPSA) is 49.4 Å². The molecule has 2 amide bonds. The minimum atomic E-state index is -0.0614. The largest absolute Gasteiger partial charge is 0.349 e. The van der Waals surface area contributed by atoms with Crippen molar-refractivity contribution in [2.75, 3.05) is 6.54 Å². The molecule has 1 N–H and O–H groups in total. The predicted octanol–water partition coefficient (Wildman–Crippen LogP) is 3.23. The number of thiophene rings is 1. The molecule has 1 fully saturated rings. The molecule has 24 heavy (non-hydrogen) atoms. The first-order valence-electron chi connectivity index (χ1n) is 8.32. The van der Waals surface area contributed by atoms with E-state index in [4.69, 9.17) is 0 Å². The lowest BCUT2D eigenvalue weighted by molar-refractivity contribution is -0.128. The first-order valence-corrected chi connectivity index (χ1v) is 9.20. The Hall–Kier alpha value is -2.14. The smallest absolute Gasteiger partial charge is 0.251 e. The highest BCUT2D eigenvalue weighted by Gasteiger charge is 2.20. The molecule has 0 bridgehead atoms. The molecule has 1 atom stereocenters. The fourth-order valence-electron chi connectivity index (χ4n) is 2.99. The summed E-state index contributed by atoms with van der Waals surface area (Å²) in [6.45, 7) is 3.42. The lowest BCUT2D eigenvalue weighted by atomic mass is 10.1. The van der Waals surface area contributed by atoms with Crippen LogP contribution in [0.3, 0.4) is 0 Å². The summed E-state index contributed by atoms with van der Waals surface area (Å²) in [5, 5.41) is 5.10. The molecular weight excluding hydrogens is 320 g/mol. The summed E-state index contributed by atoms with van der Waals surface area (Å²) >= 11 is 1.71. The average Bonchev–Trinajstić information content (AvgIpc) is 3.20. The fraction of sp³-hybridized carbons (Fsp3) is 0.368. The normalized spacial score (nSPS) is 15.5. The number of amides is 2. The monoisotopic (exact) mass is 342 g/mol. The molecule has 1 aromatic heterocycles. The van der Waals surface area contributed by atoms with Gasteiger partial charge in [-0.25, -0.2) is 0 Å². The van der Waals surface area contributed by atoms with Crippen molar-refractivity contribution in [3.05, 3.63) is 57.8 Å². The van der Waals surface area contributed by atoms with Crippen molar-refractivity contribution in [2.24, 2.45) is 0 Å². The van der Waals surface area contributed by atoms with Crippen molar-refractivity contribution in [1.29, 1.82) is 0 Å². The Morgan fingerprint density at radius 1 is 1.33 bits per heavy atom. The zero-order chi connectivity index (χ0) is 16.9. The van der Waals surface area contributed by atoms with E-state index in [9.17, 15) is 9.59 Å². The molecule has 1 aromatic carbocycles. The van der Waals surface area contributed by atoms with E-state index in [1.807, 2.05) is 47.5 Å². The molecule has 0 aliphatic carbocycles. The van der Waals surface area contributed by atoms with Crippen molar-refractivity contribution in [1.82, 2.24) is 10.2 Å². The quantitative estimate of drug-likeness (QED) is 0.876. The van der Waals surface area contributed by atoms with Gasteiger partial charge in [0.2, 0.25) is 5.91 Å². The Labute approximate surface area is 146 Å². The van der Waals surface area contributed by atoms with Crippen LogP contribution in [0.5, 0.6) is 0 Å². The Balaban J connectivity index is 1.60. The molecule has 2 aromatic rings. The SMILES string of the molecule is CC(Cc1cccs1)NC(=O)c1cccc(CN2CCCC2=O)c1. The van der Waals surface area contributed by atoms with Gasteiger partial charge in [0.15, 0.2) is 0 Å². The van der Waals surface area contributed by atoms with E-state index in [1.54, 1.807) is 11.3 Å². The first-order chi connectivity index (χ1) is 11.6. The summed E-state index contributed by atoms with van der Waals surface area (Å²) in [6.07, 6.45) is 2.41. The van der Waals surface area contributed by atoms with Crippen molar-refractivity contribution in [3.8, 4) is 0 Å². The maximum Gasteiger partial charge on any atom is 0.251 e. The molecule has 2 heterocycles. The van der Waals surface area contributed by atoms with Crippen LogP contribution in [0.25, 0.3) is 0 Å². The maximum atomic E-state index is 12.4. The third kappa shape index (κ3) is 4.23. The molecule has 0 radical (unpaired) electrons. The molecule has 1 aliphatic heterocycles. The number of likely N-dealkylation sites (tertiary alicyclic amines) is 1. The number of carbonyl (C=O) groups is 2. The van der Waals surface area contributed by atoms with E-state index in [0.29, 0.717) is 18.5 Å². The van der Waals surface area contributed by atoms with Crippen molar-refractivity contribution < 1.29 is 9.59 Å². The number of carbonyl (C=O) groups excluding carboxylic acids is 2. The van der Waals surface area contributed by atoms with Gasteiger partial charge in [0, 0.05) is 42.4 Å². The molecule has 0 saturated carbocycles. The van der Waals surface area contributed by atoms with Gasteiger partial charge in [-0.3, -0.25) is 9.59 Å². The molecule has 4 nitrogen and oxygen atoms in total. The van der Waals surface area contributed by atoms with Gasteiger partial charge < -0.3 is 10.2 Å². The van der Waals surface area contributed by atoms with E-state index >= 15 is 0 Å². The van der Waals surface area contributed by atoms with Crippen LogP contribution in [0.1, 0.15) is 40.6 Å². The molecule has 3 rings (SSSR count). The van der Waals surface area contributed by atoms with Gasteiger partial charge >= 0.3 is 0 Å². The van der Waals surface area contributed by atoms with Crippen molar-refractivity contribution in [2.45, 2.75) is 38.8 Å². The standard InChI is InChI=1S/C19H22N2O2S/c1-14(11-17-7-4-10-24-17)20-19(23)16-6-2-5-15(12-16)13-21-9-3-8-18(21)22/h2,4-7,10,12,14H,3,8-9,11,13H2,1H3,(H,20,23). The van der Waals surface area contributed by atoms with Gasteiger partial charge in [0.25, 0.3) is 5.91 Å². The van der Waals surface area contributed by atoms with Crippen LogP contribution in [-0.4, -0.2) is 29.3 Å². The minimum Gasteiger partial charge on any atom is -0.349 e. The average molecular weight is 342 g/mol. The molecular formula is C19H22N2O2S. The van der Waals surface area contributed by atoms with Crippen LogP contribution in [0.2, 0.25) is 0 Å². The summed E-state index contributed by atoms with van der Waals surface area (Å²) < 4.78 is 0. The van der Waals surface area contributed by atoms with Crippen LogP contribution in [0.4, 0.5) is 0 Å². The van der Waals surface area contributed by atoms with Crippen LogP contribution < -0.4 is 5.32 Å². The number of hydrogen-bond donors (Lipinski definition) is 1. The fourth-order valence-corrected chi connectivity index (χ4v) is 3.83. The van der Waals surface area contributed by atoms with E-state index in [1.165, 1.54) is 4.88 Å². The van der Waals surface area contributed by atoms with Crippen LogP contribution in [-0.2, 0) is 17.8 Å². The molecule has 0 spiro atoms. The Bertz CT molecular complexity index is 712. The molecule has 126 valence electrons. The molecule has 1 saturated heterocycles. The van der Waals surface area contributed by atoms with Gasteiger partial charge in [-0.05, 0) is 42.5 Å². The molecule has 5 heteroatoms. The summed E-state index contributed by atoms with van der Waals surface area (Å²) in [7, 11) is 0. The van der Waals surface area contributed by atoms with Crippen LogP contribution in [0, 0.1) is 0 Å². The molecule has 1 aliphatic rings. The Morgan fingerprint density at radius 2 is 2.21 bits per heavy atom. The minimum absolute atomic E-state index is 0.0614. The van der Waals surface area contributed by atoms with E-state index in [2.05, 4.69) is 11.4 Å². The highest BCUT2D eigenvalue weighted by Crippen LogP contribution is 2.16. The van der Waals surface area contributed by atoms with Gasteiger partial charge in [-0.1, -0.05) is 18.2 Å². The second-order valence-corrected chi connectivity index (χ2v) is 7.31. The van der Waals surface area contributed by atoms with Gasteiger partial charge in [-0.2, -0.15) is 0 Å². The Kier molecular flexibility index (Phi) is 5.30. The van der Waals surface area contributed by atoms with E-state index in [0.717, 1.165) is 24.9 Å². The second-order valence-electron chi connectivity index (χ2n) is 6.28. The van der Waals surface area contributed by atoms with E-state index in [-0.39, 0.29) is 17.9 Å². The number of nitrogens with one attached hydrogen (secondary N) is 1. The summed E-state index contributed by atoms with van der Waals surface area (Å²) in [5.41, 5.74) is 1.65. The molecule has 1 unspecified atom stereocenters. The summed E-state index contributed by atoms with van der Waals surface area (Å²) in [4.78, 5) is 27.3. The summed E-state index contributed by atoms with van der Waals surface area (Å²) in [6, 6.07) is 11.8. The summed E-state index contributed by atoms with van der Waals surface area (Å²) in [5.74, 6) is 0.142. The zero-order valence-electron chi connectivity index (χ0n) is 13.8. The highest BCUT2D eigenvalue weighted by molar-refractivity contribution is 7.09. The zero-order valence-corrected chi connectivity index (χ0v) is 14.6. The number of nitrogens with zero attached hydrogens (tertiary/aromatic N) is 1. The van der Waals surface area contributed by atoms with Crippen LogP contribution >= 0.6 is 11.3 Å². The third-order valence-electron chi connectivity index (χ3n) is 4.20. The van der Waals surface area contributed by atoms with Gasteiger partial charge in [0.1, 0.15) is 0 Å². The number of benzene rings is 1. The first kappa shape index (κ1) is 16.7. The highest BCUT2D eigenvalue weighted by atomic mass is 32.1. The van der Waals surface area contributed by atoms with Crippen molar-refractivity contribution in [3.63, 3.8) is 0 Å². The number of hydrogen-bond acceptors (Lipinski definition) is 3. The Morgan fingerprint density at radius 3 is 2.92 bits per heavy atom. The second kappa shape index (κ2) is 7.62. The predicted molar refractivity (Wildman–Crippen MR) is 96.0 cm³/mol. The van der Waals surface area contributed by atoms with Gasteiger partial charge in [-0.15, -0.1) is 11.3 Å². The van der Waals surface area contributed by atoms with Crippen LogP contribution in [0.15, 0.2) is 41.8 Å². The van der Waals surface area contributed by atoms with Gasteiger partial charge in [0.05, 0.1) is 0 Å².